The number of rotatable bonds is 4. The molecule has 3 N–H and O–H groups in total. The predicted octanol–water partition coefficient (Wildman–Crippen LogP) is 2.15. The van der Waals surface area contributed by atoms with Crippen LogP contribution in [0.5, 0.6) is 0 Å². The summed E-state index contributed by atoms with van der Waals surface area (Å²) in [6.07, 6.45) is 4.98. The van der Waals surface area contributed by atoms with Crippen molar-refractivity contribution >= 4 is 28.2 Å². The summed E-state index contributed by atoms with van der Waals surface area (Å²) >= 11 is 1.50. The summed E-state index contributed by atoms with van der Waals surface area (Å²) in [5, 5.41) is 3.56. The third-order valence-corrected chi connectivity index (χ3v) is 6.44. The average molecular weight is 358 g/mol. The number of fused-ring (bicyclic) bond motifs is 2. The normalized spacial score (nSPS) is 19.5. The minimum atomic E-state index is -0.445. The van der Waals surface area contributed by atoms with Crippen LogP contribution in [0.2, 0.25) is 0 Å². The van der Waals surface area contributed by atoms with Crippen LogP contribution in [-0.4, -0.2) is 34.4 Å². The Hall–Kier alpha value is -2.12. The van der Waals surface area contributed by atoms with E-state index in [0.717, 1.165) is 37.9 Å². The van der Waals surface area contributed by atoms with E-state index in [1.165, 1.54) is 21.9 Å². The molecule has 1 aliphatic heterocycles. The summed E-state index contributed by atoms with van der Waals surface area (Å²) in [6.45, 7) is 4.15. The smallest absolute Gasteiger partial charge is 0.251 e. The topological polar surface area (TPSA) is 80.4 Å². The third-order valence-electron chi connectivity index (χ3n) is 5.24. The number of hydrogen-bond donors (Lipinski definition) is 2. The molecule has 2 aromatic heterocycles. The number of nitrogens with one attached hydrogen (secondary N) is 1. The van der Waals surface area contributed by atoms with Gasteiger partial charge in [0.2, 0.25) is 5.91 Å². The Kier molecular flexibility index (Phi) is 4.13. The van der Waals surface area contributed by atoms with Gasteiger partial charge < -0.3 is 15.6 Å². The van der Waals surface area contributed by atoms with Crippen molar-refractivity contribution in [2.75, 3.05) is 18.4 Å². The van der Waals surface area contributed by atoms with Crippen LogP contribution in [0.25, 0.3) is 0 Å². The predicted molar refractivity (Wildman–Crippen MR) is 97.9 cm³/mol. The van der Waals surface area contributed by atoms with Crippen LogP contribution in [0.1, 0.15) is 45.9 Å². The molecular weight excluding hydrogens is 336 g/mol. The van der Waals surface area contributed by atoms with Crippen molar-refractivity contribution in [1.82, 2.24) is 9.47 Å². The SMILES string of the molecule is C[C@H]1c2cccn2CCN1CC(=O)Nc1sc2c(c1C(N)=O)CCC2. The number of thiophene rings is 1. The second-order valence-corrected chi connectivity index (χ2v) is 7.85. The molecule has 0 fully saturated rings. The summed E-state index contributed by atoms with van der Waals surface area (Å²) < 4.78 is 2.23. The lowest BCUT2D eigenvalue weighted by Crippen LogP contribution is -2.41. The zero-order valence-corrected chi connectivity index (χ0v) is 15.1. The largest absolute Gasteiger partial charge is 0.365 e. The molecule has 0 unspecified atom stereocenters. The zero-order chi connectivity index (χ0) is 17.6. The van der Waals surface area contributed by atoms with Crippen molar-refractivity contribution < 1.29 is 9.59 Å². The van der Waals surface area contributed by atoms with Gasteiger partial charge in [0, 0.05) is 35.9 Å². The molecule has 7 heteroatoms. The average Bonchev–Trinajstić information content (AvgIpc) is 3.24. The van der Waals surface area contributed by atoms with E-state index in [-0.39, 0.29) is 11.9 Å². The number of primary amides is 1. The molecule has 0 saturated heterocycles. The number of hydrogen-bond acceptors (Lipinski definition) is 4. The number of anilines is 1. The first-order chi connectivity index (χ1) is 12.0. The lowest BCUT2D eigenvalue weighted by Gasteiger charge is -2.34. The van der Waals surface area contributed by atoms with Gasteiger partial charge in [-0.3, -0.25) is 14.5 Å². The van der Waals surface area contributed by atoms with Gasteiger partial charge in [0.1, 0.15) is 5.00 Å². The molecule has 0 aromatic carbocycles. The summed E-state index contributed by atoms with van der Waals surface area (Å²) in [4.78, 5) is 27.8. The number of amides is 2. The van der Waals surface area contributed by atoms with Gasteiger partial charge >= 0.3 is 0 Å². The van der Waals surface area contributed by atoms with Crippen molar-refractivity contribution in [2.24, 2.45) is 5.73 Å². The number of nitrogens with zero attached hydrogens (tertiary/aromatic N) is 2. The van der Waals surface area contributed by atoms with Crippen molar-refractivity contribution in [3.05, 3.63) is 40.0 Å². The maximum absolute atomic E-state index is 12.6. The first kappa shape index (κ1) is 16.4. The highest BCUT2D eigenvalue weighted by Crippen LogP contribution is 2.38. The van der Waals surface area contributed by atoms with E-state index < -0.39 is 5.91 Å². The molecule has 3 heterocycles. The Morgan fingerprint density at radius 3 is 3.00 bits per heavy atom. The molecule has 6 nitrogen and oxygen atoms in total. The van der Waals surface area contributed by atoms with Gasteiger partial charge in [0.25, 0.3) is 5.91 Å². The third kappa shape index (κ3) is 2.87. The van der Waals surface area contributed by atoms with E-state index in [2.05, 4.69) is 34.0 Å². The fourth-order valence-corrected chi connectivity index (χ4v) is 5.26. The summed E-state index contributed by atoms with van der Waals surface area (Å²) in [5.74, 6) is -0.534. The second-order valence-electron chi connectivity index (χ2n) is 6.75. The number of nitrogens with two attached hydrogens (primary N) is 1. The van der Waals surface area contributed by atoms with Crippen LogP contribution in [-0.2, 0) is 24.2 Å². The monoisotopic (exact) mass is 358 g/mol. The fraction of sp³-hybridized carbons (Fsp3) is 0.444. The first-order valence-corrected chi connectivity index (χ1v) is 9.49. The number of aryl methyl sites for hydroxylation is 1. The van der Waals surface area contributed by atoms with Crippen LogP contribution in [0.4, 0.5) is 5.00 Å². The number of carbonyl (C=O) groups excluding carboxylic acids is 2. The highest BCUT2D eigenvalue weighted by Gasteiger charge is 2.28. The highest BCUT2D eigenvalue weighted by molar-refractivity contribution is 7.17. The van der Waals surface area contributed by atoms with Gasteiger partial charge in [-0.1, -0.05) is 0 Å². The van der Waals surface area contributed by atoms with Crippen LogP contribution >= 0.6 is 11.3 Å². The van der Waals surface area contributed by atoms with Crippen molar-refractivity contribution in [3.63, 3.8) is 0 Å². The molecule has 4 rings (SSSR count). The Balaban J connectivity index is 1.48. The molecule has 25 heavy (non-hydrogen) atoms. The van der Waals surface area contributed by atoms with Gasteiger partial charge in [-0.2, -0.15) is 0 Å². The Labute approximate surface area is 150 Å². The second kappa shape index (κ2) is 6.31. The standard InChI is InChI=1S/C18H22N4O2S/c1-11-13-5-3-7-21(13)8-9-22(11)10-15(23)20-18-16(17(19)24)12-4-2-6-14(12)25-18/h3,5,7,11H,2,4,6,8-10H2,1H3,(H2,19,24)(H,20,23)/t11-/m0/s1. The molecule has 0 saturated carbocycles. The quantitative estimate of drug-likeness (QED) is 0.879. The fourth-order valence-electron chi connectivity index (χ4n) is 3.95. The van der Waals surface area contributed by atoms with E-state index in [0.29, 0.717) is 17.1 Å². The molecule has 2 aromatic rings. The molecule has 0 spiro atoms. The highest BCUT2D eigenvalue weighted by atomic mass is 32.1. The van der Waals surface area contributed by atoms with Crippen molar-refractivity contribution in [1.29, 1.82) is 0 Å². The molecule has 132 valence electrons. The molecule has 1 aliphatic carbocycles. The minimum absolute atomic E-state index is 0.0886. The van der Waals surface area contributed by atoms with Crippen LogP contribution in [0, 0.1) is 0 Å². The van der Waals surface area contributed by atoms with Crippen molar-refractivity contribution in [3.8, 4) is 0 Å². The number of aromatic nitrogens is 1. The Morgan fingerprint density at radius 2 is 2.20 bits per heavy atom. The maximum Gasteiger partial charge on any atom is 0.251 e. The lowest BCUT2D eigenvalue weighted by atomic mass is 10.1. The minimum Gasteiger partial charge on any atom is -0.365 e. The van der Waals surface area contributed by atoms with Gasteiger partial charge in [0.15, 0.2) is 0 Å². The first-order valence-electron chi connectivity index (χ1n) is 8.68. The van der Waals surface area contributed by atoms with Crippen LogP contribution in [0.15, 0.2) is 18.3 Å². The van der Waals surface area contributed by atoms with Crippen molar-refractivity contribution in [2.45, 2.75) is 38.8 Å². The zero-order valence-electron chi connectivity index (χ0n) is 14.2. The molecular formula is C18H22N4O2S. The van der Waals surface area contributed by atoms with Gasteiger partial charge in [-0.05, 0) is 43.9 Å². The van der Waals surface area contributed by atoms with Gasteiger partial charge in [-0.15, -0.1) is 11.3 Å². The summed E-state index contributed by atoms with van der Waals surface area (Å²) in [6, 6.07) is 4.34. The molecule has 0 bridgehead atoms. The Bertz CT molecular complexity index is 838. The van der Waals surface area contributed by atoms with Gasteiger partial charge in [0.05, 0.1) is 12.1 Å². The number of carbonyl (C=O) groups is 2. The Morgan fingerprint density at radius 1 is 1.36 bits per heavy atom. The lowest BCUT2D eigenvalue weighted by molar-refractivity contribution is -0.118. The maximum atomic E-state index is 12.6. The van der Waals surface area contributed by atoms with E-state index >= 15 is 0 Å². The van der Waals surface area contributed by atoms with Gasteiger partial charge in [-0.25, -0.2) is 0 Å². The van der Waals surface area contributed by atoms with E-state index in [1.807, 2.05) is 6.07 Å². The van der Waals surface area contributed by atoms with E-state index in [1.54, 1.807) is 0 Å². The molecule has 2 amide bonds. The van der Waals surface area contributed by atoms with Crippen LogP contribution < -0.4 is 11.1 Å². The molecule has 2 aliphatic rings. The summed E-state index contributed by atoms with van der Waals surface area (Å²) in [7, 11) is 0. The summed E-state index contributed by atoms with van der Waals surface area (Å²) in [5.41, 5.74) is 8.35. The molecule has 1 atom stereocenters. The van der Waals surface area contributed by atoms with Crippen LogP contribution in [0.3, 0.4) is 0 Å². The van der Waals surface area contributed by atoms with E-state index in [4.69, 9.17) is 5.73 Å². The van der Waals surface area contributed by atoms with E-state index in [9.17, 15) is 9.59 Å². The molecule has 0 radical (unpaired) electrons.